The van der Waals surface area contributed by atoms with Gasteiger partial charge in [-0.05, 0) is 44.4 Å². The highest BCUT2D eigenvalue weighted by Gasteiger charge is 2.24. The van der Waals surface area contributed by atoms with Gasteiger partial charge in [-0.3, -0.25) is 4.90 Å². The van der Waals surface area contributed by atoms with E-state index in [-0.39, 0.29) is 0 Å². The monoisotopic (exact) mass is 297 g/mol. The lowest BCUT2D eigenvalue weighted by Crippen LogP contribution is -2.28. The van der Waals surface area contributed by atoms with Gasteiger partial charge in [-0.15, -0.1) is 0 Å². The number of hydrogen-bond donors (Lipinski definition) is 1. The largest absolute Gasteiger partial charge is 0.390 e. The average Bonchev–Trinajstić information content (AvgIpc) is 2.44. The van der Waals surface area contributed by atoms with E-state index in [9.17, 15) is 5.11 Å². The minimum absolute atomic E-state index is 0.470. The molecule has 94 valence electrons. The molecule has 3 heteroatoms. The van der Waals surface area contributed by atoms with Gasteiger partial charge in [0.05, 0.1) is 5.60 Å². The third-order valence-corrected chi connectivity index (χ3v) is 4.28. The molecule has 1 saturated heterocycles. The van der Waals surface area contributed by atoms with Gasteiger partial charge in [0.1, 0.15) is 0 Å². The van der Waals surface area contributed by atoms with Crippen LogP contribution in [0.3, 0.4) is 0 Å². The molecular weight excluding hydrogens is 278 g/mol. The summed E-state index contributed by atoms with van der Waals surface area (Å²) >= 11 is 3.59. The molecule has 0 saturated carbocycles. The smallest absolute Gasteiger partial charge is 0.0632 e. The molecule has 1 aliphatic rings. The lowest BCUT2D eigenvalue weighted by Gasteiger charge is -2.22. The third kappa shape index (κ3) is 3.80. The summed E-state index contributed by atoms with van der Waals surface area (Å²) in [5.41, 5.74) is 0.858. The highest BCUT2D eigenvalue weighted by atomic mass is 79.9. The second kappa shape index (κ2) is 5.51. The zero-order valence-corrected chi connectivity index (χ0v) is 11.9. The van der Waals surface area contributed by atoms with Crippen molar-refractivity contribution in [3.63, 3.8) is 0 Å². The Balaban J connectivity index is 1.98. The normalized spacial score (nSPS) is 26.8. The fraction of sp³-hybridized carbons (Fsp3) is 0.571. The van der Waals surface area contributed by atoms with Crippen molar-refractivity contribution in [3.05, 3.63) is 34.3 Å². The first kappa shape index (κ1) is 13.1. The molecule has 0 aliphatic carbocycles. The van der Waals surface area contributed by atoms with Crippen molar-refractivity contribution in [1.29, 1.82) is 0 Å². The first-order chi connectivity index (χ1) is 8.07. The van der Waals surface area contributed by atoms with Gasteiger partial charge < -0.3 is 5.11 Å². The first-order valence-corrected chi connectivity index (χ1v) is 7.04. The Morgan fingerprint density at radius 2 is 2.06 bits per heavy atom. The molecule has 1 atom stereocenters. The third-order valence-electron chi connectivity index (χ3n) is 3.51. The van der Waals surface area contributed by atoms with Crippen LogP contribution in [0, 0.1) is 0 Å². The predicted molar refractivity (Wildman–Crippen MR) is 73.9 cm³/mol. The van der Waals surface area contributed by atoms with Crippen LogP contribution in [-0.4, -0.2) is 28.7 Å². The quantitative estimate of drug-likeness (QED) is 0.906. The van der Waals surface area contributed by atoms with Crippen LogP contribution in [-0.2, 0) is 6.54 Å². The van der Waals surface area contributed by atoms with Gasteiger partial charge in [-0.25, -0.2) is 0 Å². The molecule has 17 heavy (non-hydrogen) atoms. The van der Waals surface area contributed by atoms with Crippen molar-refractivity contribution in [3.8, 4) is 0 Å². The lowest BCUT2D eigenvalue weighted by molar-refractivity contribution is 0.0444. The highest BCUT2D eigenvalue weighted by molar-refractivity contribution is 9.10. The molecule has 1 fully saturated rings. The van der Waals surface area contributed by atoms with Crippen molar-refractivity contribution in [2.45, 2.75) is 38.3 Å². The second-order valence-electron chi connectivity index (χ2n) is 5.22. The van der Waals surface area contributed by atoms with Crippen molar-refractivity contribution in [1.82, 2.24) is 4.90 Å². The summed E-state index contributed by atoms with van der Waals surface area (Å²) in [5.74, 6) is 0. The second-order valence-corrected chi connectivity index (χ2v) is 6.07. The Labute approximate surface area is 112 Å². The molecule has 1 aliphatic heterocycles. The summed E-state index contributed by atoms with van der Waals surface area (Å²) in [6.07, 6.45) is 2.87. The molecule has 0 aromatic heterocycles. The van der Waals surface area contributed by atoms with Gasteiger partial charge >= 0.3 is 0 Å². The summed E-state index contributed by atoms with van der Waals surface area (Å²) in [7, 11) is 0. The molecule has 2 rings (SSSR count). The number of hydrogen-bond acceptors (Lipinski definition) is 2. The Hall–Kier alpha value is -0.380. The van der Waals surface area contributed by atoms with E-state index in [2.05, 4.69) is 39.0 Å². The lowest BCUT2D eigenvalue weighted by atomic mass is 9.98. The average molecular weight is 298 g/mol. The zero-order chi connectivity index (χ0) is 12.3. The maximum Gasteiger partial charge on any atom is 0.0632 e. The number of aliphatic hydroxyl groups is 1. The minimum Gasteiger partial charge on any atom is -0.390 e. The van der Waals surface area contributed by atoms with Gasteiger partial charge in [0.2, 0.25) is 0 Å². The SMILES string of the molecule is CC1(O)CCCN(Cc2ccccc2Br)CC1. The first-order valence-electron chi connectivity index (χ1n) is 6.25. The predicted octanol–water partition coefficient (Wildman–Crippen LogP) is 3.19. The van der Waals surface area contributed by atoms with Crippen molar-refractivity contribution >= 4 is 15.9 Å². The summed E-state index contributed by atoms with van der Waals surface area (Å²) in [4.78, 5) is 2.43. The van der Waals surface area contributed by atoms with Crippen LogP contribution in [0.4, 0.5) is 0 Å². The molecule has 1 aromatic carbocycles. The van der Waals surface area contributed by atoms with Crippen molar-refractivity contribution in [2.24, 2.45) is 0 Å². The van der Waals surface area contributed by atoms with Gasteiger partial charge in [-0.1, -0.05) is 34.1 Å². The Bertz CT molecular complexity index is 378. The molecule has 0 spiro atoms. The van der Waals surface area contributed by atoms with Crippen LogP contribution in [0.1, 0.15) is 31.7 Å². The topological polar surface area (TPSA) is 23.5 Å². The van der Waals surface area contributed by atoms with Gasteiger partial charge in [0.15, 0.2) is 0 Å². The van der Waals surface area contributed by atoms with Crippen LogP contribution >= 0.6 is 15.9 Å². The van der Waals surface area contributed by atoms with Crippen LogP contribution in [0.2, 0.25) is 0 Å². The van der Waals surface area contributed by atoms with E-state index in [1.54, 1.807) is 0 Å². The summed E-state index contributed by atoms with van der Waals surface area (Å²) < 4.78 is 1.18. The Kier molecular flexibility index (Phi) is 4.23. The maximum absolute atomic E-state index is 10.1. The van der Waals surface area contributed by atoms with Crippen LogP contribution in [0.25, 0.3) is 0 Å². The van der Waals surface area contributed by atoms with Crippen molar-refractivity contribution in [2.75, 3.05) is 13.1 Å². The van der Waals surface area contributed by atoms with Gasteiger partial charge in [-0.2, -0.15) is 0 Å². The van der Waals surface area contributed by atoms with Crippen LogP contribution in [0.15, 0.2) is 28.7 Å². The van der Waals surface area contributed by atoms with E-state index >= 15 is 0 Å². The summed E-state index contributed by atoms with van der Waals surface area (Å²) in [5, 5.41) is 10.1. The minimum atomic E-state index is -0.470. The molecular formula is C14H20BrNO. The molecule has 2 nitrogen and oxygen atoms in total. The van der Waals surface area contributed by atoms with Crippen LogP contribution in [0.5, 0.6) is 0 Å². The molecule has 0 radical (unpaired) electrons. The van der Waals surface area contributed by atoms with E-state index in [0.717, 1.165) is 38.9 Å². The van der Waals surface area contributed by atoms with E-state index in [1.165, 1.54) is 10.0 Å². The highest BCUT2D eigenvalue weighted by Crippen LogP contribution is 2.24. The molecule has 0 amide bonds. The molecule has 1 aromatic rings. The number of halogens is 1. The van der Waals surface area contributed by atoms with Gasteiger partial charge in [0.25, 0.3) is 0 Å². The molecule has 1 unspecified atom stereocenters. The Morgan fingerprint density at radius 3 is 2.82 bits per heavy atom. The van der Waals surface area contributed by atoms with Gasteiger partial charge in [0, 0.05) is 17.6 Å². The fourth-order valence-corrected chi connectivity index (χ4v) is 2.76. The van der Waals surface area contributed by atoms with E-state index < -0.39 is 5.60 Å². The van der Waals surface area contributed by atoms with E-state index in [4.69, 9.17) is 0 Å². The number of likely N-dealkylation sites (tertiary alicyclic amines) is 1. The maximum atomic E-state index is 10.1. The van der Waals surface area contributed by atoms with E-state index in [1.807, 2.05) is 13.0 Å². The Morgan fingerprint density at radius 1 is 1.29 bits per heavy atom. The van der Waals surface area contributed by atoms with Crippen molar-refractivity contribution < 1.29 is 5.11 Å². The fourth-order valence-electron chi connectivity index (χ4n) is 2.34. The zero-order valence-electron chi connectivity index (χ0n) is 10.3. The number of rotatable bonds is 2. The summed E-state index contributed by atoms with van der Waals surface area (Å²) in [6, 6.07) is 8.37. The standard InChI is InChI=1S/C14H20BrNO/c1-14(17)7-4-9-16(10-8-14)11-12-5-2-3-6-13(12)15/h2-3,5-6,17H,4,7-11H2,1H3. The van der Waals surface area contributed by atoms with E-state index in [0.29, 0.717) is 0 Å². The number of benzene rings is 1. The molecule has 1 N–H and O–H groups in total. The van der Waals surface area contributed by atoms with Crippen LogP contribution < -0.4 is 0 Å². The molecule has 1 heterocycles. The number of nitrogens with zero attached hydrogens (tertiary/aromatic N) is 1. The molecule has 0 bridgehead atoms. The summed E-state index contributed by atoms with van der Waals surface area (Å²) in [6.45, 7) is 4.98.